The summed E-state index contributed by atoms with van der Waals surface area (Å²) in [5, 5.41) is 0. The Balaban J connectivity index is 2.04. The van der Waals surface area contributed by atoms with Crippen LogP contribution in [-0.2, 0) is 4.74 Å². The molecule has 2 nitrogen and oxygen atoms in total. The van der Waals surface area contributed by atoms with Gasteiger partial charge in [-0.2, -0.15) is 0 Å². The number of para-hydroxylation sites is 1. The maximum absolute atomic E-state index is 12.7. The summed E-state index contributed by atoms with van der Waals surface area (Å²) in [6.07, 6.45) is 1.71. The molecule has 1 aliphatic rings. The molecule has 0 aliphatic carbocycles. The van der Waals surface area contributed by atoms with Gasteiger partial charge in [-0.25, -0.2) is 0 Å². The van der Waals surface area contributed by atoms with Crippen molar-refractivity contribution in [3.63, 3.8) is 0 Å². The SMILES string of the molecule is F[B-](F)(F)c1ccccc1OCC1CCCO1. The summed E-state index contributed by atoms with van der Waals surface area (Å²) in [6.45, 7) is -4.18. The summed E-state index contributed by atoms with van der Waals surface area (Å²) in [4.78, 5) is 0. The number of ether oxygens (including phenoxy) is 2. The van der Waals surface area contributed by atoms with Gasteiger partial charge >= 0.3 is 6.98 Å². The van der Waals surface area contributed by atoms with Crippen LogP contribution in [0.5, 0.6) is 5.75 Å². The van der Waals surface area contributed by atoms with Crippen LogP contribution in [0.3, 0.4) is 0 Å². The second-order valence-electron chi connectivity index (χ2n) is 4.06. The van der Waals surface area contributed by atoms with Crippen molar-refractivity contribution in [2.75, 3.05) is 13.2 Å². The van der Waals surface area contributed by atoms with Crippen molar-refractivity contribution in [2.24, 2.45) is 0 Å². The number of rotatable bonds is 4. The maximum atomic E-state index is 12.7. The van der Waals surface area contributed by atoms with E-state index in [2.05, 4.69) is 0 Å². The van der Waals surface area contributed by atoms with Gasteiger partial charge in [-0.05, 0) is 18.9 Å². The van der Waals surface area contributed by atoms with E-state index in [1.165, 1.54) is 18.2 Å². The molecule has 94 valence electrons. The van der Waals surface area contributed by atoms with Crippen LogP contribution in [0.25, 0.3) is 0 Å². The van der Waals surface area contributed by atoms with Crippen molar-refractivity contribution in [2.45, 2.75) is 18.9 Å². The smallest absolute Gasteiger partial charge is 0.494 e. The molecule has 1 aromatic rings. The van der Waals surface area contributed by atoms with E-state index in [0.29, 0.717) is 6.61 Å². The molecule has 1 fully saturated rings. The molecule has 2 rings (SSSR count). The summed E-state index contributed by atoms with van der Waals surface area (Å²) in [6, 6.07) is 5.30. The van der Waals surface area contributed by atoms with Gasteiger partial charge in [0.1, 0.15) is 6.61 Å². The van der Waals surface area contributed by atoms with E-state index in [-0.39, 0.29) is 18.5 Å². The largest absolute Gasteiger partial charge is 0.513 e. The molecule has 1 atom stereocenters. The molecular formula is C11H13BF3O2-. The fourth-order valence-electron chi connectivity index (χ4n) is 1.84. The van der Waals surface area contributed by atoms with Gasteiger partial charge in [-0.15, -0.1) is 0 Å². The van der Waals surface area contributed by atoms with Crippen molar-refractivity contribution >= 4 is 12.4 Å². The van der Waals surface area contributed by atoms with Gasteiger partial charge < -0.3 is 22.4 Å². The predicted octanol–water partition coefficient (Wildman–Crippen LogP) is 2.30. The van der Waals surface area contributed by atoms with E-state index in [9.17, 15) is 12.9 Å². The van der Waals surface area contributed by atoms with Crippen LogP contribution in [0.2, 0.25) is 0 Å². The van der Waals surface area contributed by atoms with Crippen LogP contribution in [0.4, 0.5) is 12.9 Å². The lowest BCUT2D eigenvalue weighted by Crippen LogP contribution is -2.36. The Labute approximate surface area is 97.8 Å². The average Bonchev–Trinajstić information content (AvgIpc) is 2.78. The standard InChI is InChI=1S/C11H13BF3O2/c13-12(14,15)10-5-1-2-6-11(10)17-8-9-4-3-7-16-9/h1-2,5-6,9H,3-4,7-8H2/q-1. The lowest BCUT2D eigenvalue weighted by molar-refractivity contribution is 0.0682. The fraction of sp³-hybridized carbons (Fsp3) is 0.455. The molecule has 0 saturated carbocycles. The van der Waals surface area contributed by atoms with Gasteiger partial charge in [0.15, 0.2) is 0 Å². The minimum atomic E-state index is -5.03. The van der Waals surface area contributed by atoms with Crippen molar-refractivity contribution in [1.29, 1.82) is 0 Å². The maximum Gasteiger partial charge on any atom is 0.513 e. The first-order chi connectivity index (χ1) is 8.07. The third-order valence-electron chi connectivity index (χ3n) is 2.72. The third kappa shape index (κ3) is 3.15. The normalized spacial score (nSPS) is 20.5. The molecule has 0 radical (unpaired) electrons. The monoisotopic (exact) mass is 245 g/mol. The van der Waals surface area contributed by atoms with Crippen LogP contribution in [0.1, 0.15) is 12.8 Å². The van der Waals surface area contributed by atoms with Crippen LogP contribution in [0, 0.1) is 0 Å². The average molecular weight is 245 g/mol. The van der Waals surface area contributed by atoms with E-state index in [4.69, 9.17) is 9.47 Å². The molecule has 1 saturated heterocycles. The zero-order valence-electron chi connectivity index (χ0n) is 9.24. The first-order valence-corrected chi connectivity index (χ1v) is 5.60. The molecule has 0 bridgehead atoms. The quantitative estimate of drug-likeness (QED) is 0.757. The highest BCUT2D eigenvalue weighted by molar-refractivity contribution is 6.74. The van der Waals surface area contributed by atoms with E-state index < -0.39 is 12.4 Å². The van der Waals surface area contributed by atoms with Crippen LogP contribution < -0.4 is 10.2 Å². The summed E-state index contributed by atoms with van der Waals surface area (Å²) in [7, 11) is 0. The zero-order valence-corrected chi connectivity index (χ0v) is 9.24. The lowest BCUT2D eigenvalue weighted by Gasteiger charge is -2.20. The van der Waals surface area contributed by atoms with E-state index in [1.54, 1.807) is 0 Å². The van der Waals surface area contributed by atoms with Crippen LogP contribution in [0.15, 0.2) is 24.3 Å². The first-order valence-electron chi connectivity index (χ1n) is 5.60. The van der Waals surface area contributed by atoms with Crippen molar-refractivity contribution in [3.8, 4) is 5.75 Å². The molecule has 0 spiro atoms. The number of hydrogen-bond donors (Lipinski definition) is 0. The first kappa shape index (κ1) is 12.3. The Morgan fingerprint density at radius 2 is 2.06 bits per heavy atom. The van der Waals surface area contributed by atoms with Crippen molar-refractivity contribution in [3.05, 3.63) is 24.3 Å². The van der Waals surface area contributed by atoms with Gasteiger partial charge in [-0.1, -0.05) is 23.7 Å². The predicted molar refractivity (Wildman–Crippen MR) is 59.6 cm³/mol. The highest BCUT2D eigenvalue weighted by Gasteiger charge is 2.29. The van der Waals surface area contributed by atoms with E-state index in [0.717, 1.165) is 18.9 Å². The zero-order chi connectivity index (χ0) is 12.3. The molecule has 0 aromatic heterocycles. The molecule has 1 aromatic carbocycles. The summed E-state index contributed by atoms with van der Waals surface area (Å²) >= 11 is 0. The summed E-state index contributed by atoms with van der Waals surface area (Å²) in [5.74, 6) is -0.101. The van der Waals surface area contributed by atoms with Crippen LogP contribution in [-0.4, -0.2) is 26.3 Å². The Kier molecular flexibility index (Phi) is 3.62. The number of benzene rings is 1. The molecule has 0 N–H and O–H groups in total. The molecule has 1 heterocycles. The van der Waals surface area contributed by atoms with Gasteiger partial charge in [0.2, 0.25) is 0 Å². The van der Waals surface area contributed by atoms with Crippen molar-refractivity contribution in [1.82, 2.24) is 0 Å². The number of halogens is 3. The van der Waals surface area contributed by atoms with E-state index in [1.807, 2.05) is 0 Å². The molecule has 1 unspecified atom stereocenters. The minimum absolute atomic E-state index is 0.0798. The highest BCUT2D eigenvalue weighted by atomic mass is 19.4. The summed E-state index contributed by atoms with van der Waals surface area (Å²) < 4.78 is 48.6. The topological polar surface area (TPSA) is 18.5 Å². The molecule has 0 amide bonds. The van der Waals surface area contributed by atoms with Gasteiger partial charge in [0, 0.05) is 6.61 Å². The van der Waals surface area contributed by atoms with Crippen molar-refractivity contribution < 1.29 is 22.4 Å². The Bertz CT molecular complexity index is 375. The third-order valence-corrected chi connectivity index (χ3v) is 2.72. The Hall–Kier alpha value is -1.17. The van der Waals surface area contributed by atoms with Gasteiger partial charge in [0.25, 0.3) is 0 Å². The fourth-order valence-corrected chi connectivity index (χ4v) is 1.84. The Morgan fingerprint density at radius 3 is 2.71 bits per heavy atom. The molecular weight excluding hydrogens is 232 g/mol. The van der Waals surface area contributed by atoms with Gasteiger partial charge in [-0.3, -0.25) is 0 Å². The number of hydrogen-bond acceptors (Lipinski definition) is 2. The lowest BCUT2D eigenvalue weighted by atomic mass is 9.79. The minimum Gasteiger partial charge on any atom is -0.494 e. The molecule has 17 heavy (non-hydrogen) atoms. The Morgan fingerprint density at radius 1 is 1.29 bits per heavy atom. The van der Waals surface area contributed by atoms with Gasteiger partial charge in [0.05, 0.1) is 11.9 Å². The highest BCUT2D eigenvalue weighted by Crippen LogP contribution is 2.19. The second kappa shape index (κ2) is 5.00. The molecule has 6 heteroatoms. The molecule has 1 aliphatic heterocycles. The van der Waals surface area contributed by atoms with E-state index >= 15 is 0 Å². The van der Waals surface area contributed by atoms with Crippen LogP contribution >= 0.6 is 0 Å². The summed E-state index contributed by atoms with van der Waals surface area (Å²) in [5.41, 5.74) is -0.675. The second-order valence-corrected chi connectivity index (χ2v) is 4.06.